The van der Waals surface area contributed by atoms with E-state index in [4.69, 9.17) is 0 Å². The van der Waals surface area contributed by atoms with Gasteiger partial charge in [-0.1, -0.05) is 103 Å². The van der Waals surface area contributed by atoms with Gasteiger partial charge < -0.3 is 0 Å². The van der Waals surface area contributed by atoms with E-state index in [0.717, 1.165) is 0 Å². The highest BCUT2D eigenvalue weighted by atomic mass is 14.2. The minimum atomic E-state index is 1.20. The molecule has 0 heterocycles. The van der Waals surface area contributed by atoms with E-state index in [-0.39, 0.29) is 0 Å². The largest absolute Gasteiger partial charge is 0.0654 e. The fourth-order valence-electron chi connectivity index (χ4n) is 6.31. The van der Waals surface area contributed by atoms with Crippen molar-refractivity contribution in [2.24, 2.45) is 0 Å². The zero-order valence-electron chi connectivity index (χ0n) is 24.9. The maximum atomic E-state index is 2.55. The van der Waals surface area contributed by atoms with Crippen molar-refractivity contribution < 1.29 is 0 Å². The van der Waals surface area contributed by atoms with Crippen molar-refractivity contribution >= 4 is 32.3 Å². The summed E-state index contributed by atoms with van der Waals surface area (Å²) < 4.78 is 0. The SMILES string of the molecule is CCCCCc1ccc(CCCCC)c2cc3cc4c(CCCCC)ccc(CCCCC)c4cc3cc12. The summed E-state index contributed by atoms with van der Waals surface area (Å²) in [6.45, 7) is 9.23. The lowest BCUT2D eigenvalue weighted by atomic mass is 9.88. The summed E-state index contributed by atoms with van der Waals surface area (Å²) in [6, 6.07) is 20.0. The summed E-state index contributed by atoms with van der Waals surface area (Å²) in [7, 11) is 0. The van der Waals surface area contributed by atoms with Crippen LogP contribution in [-0.2, 0) is 25.7 Å². The van der Waals surface area contributed by atoms with Gasteiger partial charge >= 0.3 is 0 Å². The van der Waals surface area contributed by atoms with Crippen LogP contribution in [0.1, 0.15) is 127 Å². The Kier molecular flexibility index (Phi) is 11.1. The number of rotatable bonds is 16. The fourth-order valence-corrected chi connectivity index (χ4v) is 6.31. The first-order chi connectivity index (χ1) is 18.7. The summed E-state index contributed by atoms with van der Waals surface area (Å²) >= 11 is 0. The topological polar surface area (TPSA) is 0 Å². The predicted molar refractivity (Wildman–Crippen MR) is 172 cm³/mol. The van der Waals surface area contributed by atoms with Crippen molar-refractivity contribution in [1.82, 2.24) is 0 Å². The second-order valence-electron chi connectivity index (χ2n) is 11.7. The Labute approximate surface area is 233 Å². The number of unbranched alkanes of at least 4 members (excludes halogenated alkanes) is 8. The average Bonchev–Trinajstić information content (AvgIpc) is 2.93. The van der Waals surface area contributed by atoms with E-state index in [2.05, 4.69) is 76.2 Å². The molecule has 38 heavy (non-hydrogen) atoms. The summed E-state index contributed by atoms with van der Waals surface area (Å²) in [4.78, 5) is 0. The molecule has 204 valence electrons. The Morgan fingerprint density at radius 3 is 0.789 bits per heavy atom. The molecule has 0 radical (unpaired) electrons. The van der Waals surface area contributed by atoms with Gasteiger partial charge in [-0.25, -0.2) is 0 Å². The smallest absolute Gasteiger partial charge is 0.0143 e. The summed E-state index contributed by atoms with van der Waals surface area (Å²) in [5, 5.41) is 8.88. The number of aryl methyl sites for hydroxylation is 4. The van der Waals surface area contributed by atoms with Crippen LogP contribution >= 0.6 is 0 Å². The van der Waals surface area contributed by atoms with Crippen LogP contribution in [0.4, 0.5) is 0 Å². The zero-order valence-corrected chi connectivity index (χ0v) is 24.9. The lowest BCUT2D eigenvalue weighted by molar-refractivity contribution is 0.715. The second-order valence-corrected chi connectivity index (χ2v) is 11.7. The molecule has 0 nitrogen and oxygen atoms in total. The zero-order chi connectivity index (χ0) is 26.7. The van der Waals surface area contributed by atoms with Gasteiger partial charge in [0.15, 0.2) is 0 Å². The molecule has 0 atom stereocenters. The molecule has 0 aliphatic rings. The highest BCUT2D eigenvalue weighted by Crippen LogP contribution is 2.35. The molecule has 0 fully saturated rings. The highest BCUT2D eigenvalue weighted by molar-refractivity contribution is 6.07. The Hall–Kier alpha value is -2.34. The van der Waals surface area contributed by atoms with Gasteiger partial charge in [0.05, 0.1) is 0 Å². The molecule has 0 aliphatic heterocycles. The normalized spacial score (nSPS) is 11.8. The lowest BCUT2D eigenvalue weighted by Gasteiger charge is -2.16. The van der Waals surface area contributed by atoms with Crippen molar-refractivity contribution in [3.05, 3.63) is 70.8 Å². The first kappa shape index (κ1) is 28.7. The predicted octanol–water partition coefficient (Wildman–Crippen LogP) is 12.1. The third kappa shape index (κ3) is 6.99. The lowest BCUT2D eigenvalue weighted by Crippen LogP contribution is -1.96. The van der Waals surface area contributed by atoms with E-state index in [1.807, 2.05) is 0 Å². The quantitative estimate of drug-likeness (QED) is 0.104. The molecule has 0 aliphatic carbocycles. The van der Waals surface area contributed by atoms with Crippen LogP contribution in [-0.4, -0.2) is 0 Å². The van der Waals surface area contributed by atoms with Gasteiger partial charge in [-0.2, -0.15) is 0 Å². The molecule has 0 heteroatoms. The van der Waals surface area contributed by atoms with E-state index in [0.29, 0.717) is 0 Å². The third-order valence-electron chi connectivity index (χ3n) is 8.67. The number of fused-ring (bicyclic) bond motifs is 3. The molecule has 0 saturated heterocycles. The van der Waals surface area contributed by atoms with Gasteiger partial charge in [-0.3, -0.25) is 0 Å². The van der Waals surface area contributed by atoms with Gasteiger partial charge in [0.2, 0.25) is 0 Å². The minimum absolute atomic E-state index is 1.20. The highest BCUT2D eigenvalue weighted by Gasteiger charge is 2.12. The first-order valence-electron chi connectivity index (χ1n) is 16.1. The standard InChI is InChI=1S/C38H52/c1-5-9-13-17-29-21-22-30(18-14-10-6-2)36-26-34-28-38-32(20-16-12-8-4)24-23-31(19-15-11-7-3)37(38)27-33(34)25-35(29)36/h21-28H,5-20H2,1-4H3. The number of hydrogen-bond donors (Lipinski definition) is 0. The molecule has 0 bridgehead atoms. The number of benzene rings is 4. The van der Waals surface area contributed by atoms with Crippen molar-refractivity contribution in [1.29, 1.82) is 0 Å². The molecule has 0 unspecified atom stereocenters. The van der Waals surface area contributed by atoms with Gasteiger partial charge in [0, 0.05) is 0 Å². The molecule has 4 rings (SSSR count). The Morgan fingerprint density at radius 1 is 0.342 bits per heavy atom. The van der Waals surface area contributed by atoms with Crippen LogP contribution < -0.4 is 0 Å². The van der Waals surface area contributed by atoms with Crippen LogP contribution in [0, 0.1) is 0 Å². The molecule has 0 amide bonds. The summed E-state index contributed by atoms with van der Waals surface area (Å²) in [6.07, 6.45) is 20.4. The van der Waals surface area contributed by atoms with Crippen LogP contribution in [0.5, 0.6) is 0 Å². The monoisotopic (exact) mass is 508 g/mol. The average molecular weight is 509 g/mol. The fraction of sp³-hybridized carbons (Fsp3) is 0.526. The molecule has 0 aromatic heterocycles. The molecular weight excluding hydrogens is 456 g/mol. The van der Waals surface area contributed by atoms with Crippen molar-refractivity contribution in [2.45, 2.75) is 130 Å². The molecular formula is C38H52. The Morgan fingerprint density at radius 2 is 0.579 bits per heavy atom. The van der Waals surface area contributed by atoms with E-state index in [1.54, 1.807) is 22.3 Å². The van der Waals surface area contributed by atoms with Crippen LogP contribution in [0.3, 0.4) is 0 Å². The van der Waals surface area contributed by atoms with Gasteiger partial charge in [0.1, 0.15) is 0 Å². The van der Waals surface area contributed by atoms with E-state index in [9.17, 15) is 0 Å². The van der Waals surface area contributed by atoms with Crippen molar-refractivity contribution in [3.8, 4) is 0 Å². The van der Waals surface area contributed by atoms with Crippen molar-refractivity contribution in [3.63, 3.8) is 0 Å². The maximum Gasteiger partial charge on any atom is -0.0143 e. The van der Waals surface area contributed by atoms with Gasteiger partial charge in [-0.15, -0.1) is 0 Å². The van der Waals surface area contributed by atoms with Crippen LogP contribution in [0.2, 0.25) is 0 Å². The van der Waals surface area contributed by atoms with E-state index < -0.39 is 0 Å². The van der Waals surface area contributed by atoms with Gasteiger partial charge in [-0.05, 0) is 130 Å². The molecule has 4 aromatic carbocycles. The van der Waals surface area contributed by atoms with Gasteiger partial charge in [0.25, 0.3) is 0 Å². The molecule has 0 N–H and O–H groups in total. The summed E-state index contributed by atoms with van der Waals surface area (Å²) in [5.74, 6) is 0. The molecule has 0 saturated carbocycles. The van der Waals surface area contributed by atoms with E-state index >= 15 is 0 Å². The Balaban J connectivity index is 1.87. The maximum absolute atomic E-state index is 2.55. The number of hydrogen-bond acceptors (Lipinski definition) is 0. The second kappa shape index (κ2) is 14.7. The summed E-state index contributed by atoms with van der Waals surface area (Å²) in [5.41, 5.74) is 6.19. The van der Waals surface area contributed by atoms with Crippen molar-refractivity contribution in [2.75, 3.05) is 0 Å². The minimum Gasteiger partial charge on any atom is -0.0654 e. The third-order valence-corrected chi connectivity index (χ3v) is 8.67. The van der Waals surface area contributed by atoms with Crippen LogP contribution in [0.15, 0.2) is 48.5 Å². The van der Waals surface area contributed by atoms with E-state index in [1.165, 1.54) is 135 Å². The van der Waals surface area contributed by atoms with Crippen LogP contribution in [0.25, 0.3) is 32.3 Å². The Bertz CT molecular complexity index is 1110. The molecule has 0 spiro atoms. The first-order valence-corrected chi connectivity index (χ1v) is 16.1. The molecule has 4 aromatic rings.